The van der Waals surface area contributed by atoms with E-state index in [2.05, 4.69) is 41.5 Å². The van der Waals surface area contributed by atoms with E-state index in [0.717, 1.165) is 22.8 Å². The van der Waals surface area contributed by atoms with Gasteiger partial charge in [0.2, 0.25) is 5.89 Å². The Morgan fingerprint density at radius 2 is 1.52 bits per heavy atom. The predicted octanol–water partition coefficient (Wildman–Crippen LogP) is 6.71. The molecule has 0 radical (unpaired) electrons. The highest BCUT2D eigenvalue weighted by Crippen LogP contribution is 2.28. The molecule has 0 aliphatic heterocycles. The van der Waals surface area contributed by atoms with E-state index in [1.807, 2.05) is 19.1 Å². The molecule has 4 aromatic rings. The van der Waals surface area contributed by atoms with Crippen LogP contribution in [0.3, 0.4) is 0 Å². The third kappa shape index (κ3) is 5.59. The van der Waals surface area contributed by atoms with Gasteiger partial charge >= 0.3 is 0 Å². The maximum atomic E-state index is 12.6. The van der Waals surface area contributed by atoms with Crippen molar-refractivity contribution in [2.45, 2.75) is 31.4 Å². The lowest BCUT2D eigenvalue weighted by Crippen LogP contribution is -2.11. The summed E-state index contributed by atoms with van der Waals surface area (Å²) in [6, 6.07) is 22.4. The third-order valence-corrected chi connectivity index (χ3v) is 6.26. The average Bonchev–Trinajstić information content (AvgIpc) is 3.19. The molecule has 0 saturated heterocycles. The largest absolute Gasteiger partial charge is 0.441 e. The first kappa shape index (κ1) is 22.6. The van der Waals surface area contributed by atoms with Gasteiger partial charge < -0.3 is 9.73 Å². The van der Waals surface area contributed by atoms with Crippen LogP contribution in [0.5, 0.6) is 0 Å². The molecule has 0 unspecified atom stereocenters. The lowest BCUT2D eigenvalue weighted by atomic mass is 10.1. The van der Waals surface area contributed by atoms with Crippen molar-refractivity contribution in [1.82, 2.24) is 4.98 Å². The smallest absolute Gasteiger partial charge is 0.255 e. The van der Waals surface area contributed by atoms with Gasteiger partial charge in [-0.05, 0) is 81.4 Å². The molecule has 0 aliphatic rings. The van der Waals surface area contributed by atoms with Crippen LogP contribution in [0.1, 0.15) is 44.7 Å². The molecule has 0 saturated carbocycles. The van der Waals surface area contributed by atoms with Crippen LogP contribution in [0.15, 0.2) is 82.1 Å². The third-order valence-electron chi connectivity index (χ3n) is 5.23. The molecule has 0 fully saturated rings. The molecule has 33 heavy (non-hydrogen) atoms. The van der Waals surface area contributed by atoms with Gasteiger partial charge in [0.1, 0.15) is 5.76 Å². The summed E-state index contributed by atoms with van der Waals surface area (Å²) in [7, 11) is 0. The monoisotopic (exact) mass is 456 g/mol. The number of rotatable bonds is 7. The van der Waals surface area contributed by atoms with Gasteiger partial charge in [-0.1, -0.05) is 17.7 Å². The highest BCUT2D eigenvalue weighted by molar-refractivity contribution is 7.98. The summed E-state index contributed by atoms with van der Waals surface area (Å²) < 4.78 is 5.88. The Morgan fingerprint density at radius 3 is 2.15 bits per heavy atom. The lowest BCUT2D eigenvalue weighted by Gasteiger charge is -2.06. The zero-order valence-electron chi connectivity index (χ0n) is 18.7. The molecule has 3 aromatic carbocycles. The van der Waals surface area contributed by atoms with Gasteiger partial charge in [0.05, 0.1) is 5.69 Å². The fourth-order valence-electron chi connectivity index (χ4n) is 3.23. The van der Waals surface area contributed by atoms with E-state index in [-0.39, 0.29) is 11.7 Å². The minimum atomic E-state index is -0.226. The van der Waals surface area contributed by atoms with Crippen LogP contribution in [-0.4, -0.2) is 16.7 Å². The molecule has 1 amide bonds. The number of thioether (sulfide) groups is 1. The van der Waals surface area contributed by atoms with Gasteiger partial charge in [-0.15, -0.1) is 11.8 Å². The SMILES string of the molecule is CC(=O)c1ccc(NC(=O)c2ccc(-c3nc(CSc4ccc(C)cc4)c(C)o3)cc2)cc1. The molecule has 0 bridgehead atoms. The van der Waals surface area contributed by atoms with E-state index in [9.17, 15) is 9.59 Å². The zero-order valence-corrected chi connectivity index (χ0v) is 19.5. The standard InChI is InChI=1S/C27H24N2O3S/c1-17-4-14-24(15-5-17)33-16-25-19(3)32-27(29-25)22-8-6-21(7-9-22)26(31)28-23-12-10-20(11-13-23)18(2)30/h4-15H,16H2,1-3H3,(H,28,31). The highest BCUT2D eigenvalue weighted by atomic mass is 32.2. The Kier molecular flexibility index (Phi) is 6.75. The number of nitrogens with zero attached hydrogens (tertiary/aromatic N) is 1. The van der Waals surface area contributed by atoms with Crippen molar-refractivity contribution in [3.8, 4) is 11.5 Å². The van der Waals surface area contributed by atoms with Crippen molar-refractivity contribution in [3.63, 3.8) is 0 Å². The Bertz CT molecular complexity index is 1270. The average molecular weight is 457 g/mol. The number of ketones is 1. The number of amides is 1. The Labute approximate surface area is 197 Å². The second-order valence-corrected chi connectivity index (χ2v) is 8.84. The van der Waals surface area contributed by atoms with Crippen LogP contribution in [0.25, 0.3) is 11.5 Å². The van der Waals surface area contributed by atoms with Crippen molar-refractivity contribution < 1.29 is 14.0 Å². The Morgan fingerprint density at radius 1 is 0.879 bits per heavy atom. The fraction of sp³-hybridized carbons (Fsp3) is 0.148. The summed E-state index contributed by atoms with van der Waals surface area (Å²) in [6.07, 6.45) is 0. The minimum absolute atomic E-state index is 0.0119. The minimum Gasteiger partial charge on any atom is -0.441 e. The molecule has 1 N–H and O–H groups in total. The van der Waals surface area contributed by atoms with Gasteiger partial charge in [0.25, 0.3) is 5.91 Å². The lowest BCUT2D eigenvalue weighted by molar-refractivity contribution is 0.101. The van der Waals surface area contributed by atoms with Crippen LogP contribution in [0.2, 0.25) is 0 Å². The number of carbonyl (C=O) groups excluding carboxylic acids is 2. The van der Waals surface area contributed by atoms with E-state index >= 15 is 0 Å². The first-order chi connectivity index (χ1) is 15.9. The van der Waals surface area contributed by atoms with Crippen molar-refractivity contribution in [2.75, 3.05) is 5.32 Å². The molecule has 1 aromatic heterocycles. The molecular formula is C27H24N2O3S. The number of anilines is 1. The van der Waals surface area contributed by atoms with E-state index in [4.69, 9.17) is 4.42 Å². The molecule has 0 aliphatic carbocycles. The molecule has 1 heterocycles. The van der Waals surface area contributed by atoms with Gasteiger partial charge in [-0.2, -0.15) is 0 Å². The Balaban J connectivity index is 1.41. The number of hydrogen-bond acceptors (Lipinski definition) is 5. The number of aryl methyl sites for hydroxylation is 2. The van der Waals surface area contributed by atoms with Crippen molar-refractivity contribution in [1.29, 1.82) is 0 Å². The maximum absolute atomic E-state index is 12.6. The summed E-state index contributed by atoms with van der Waals surface area (Å²) in [4.78, 5) is 29.8. The van der Waals surface area contributed by atoms with E-state index in [1.54, 1.807) is 48.2 Å². The summed E-state index contributed by atoms with van der Waals surface area (Å²) in [5, 5.41) is 2.84. The van der Waals surface area contributed by atoms with Crippen molar-refractivity contribution in [3.05, 3.63) is 101 Å². The number of oxazole rings is 1. The molecule has 4 rings (SSSR count). The summed E-state index contributed by atoms with van der Waals surface area (Å²) in [6.45, 7) is 5.50. The van der Waals surface area contributed by atoms with Gasteiger partial charge in [-0.25, -0.2) is 4.98 Å². The number of nitrogens with one attached hydrogen (secondary N) is 1. The van der Waals surface area contributed by atoms with Crippen molar-refractivity contribution >= 4 is 29.1 Å². The highest BCUT2D eigenvalue weighted by Gasteiger charge is 2.13. The number of Topliss-reactive ketones (excluding diaryl/α,β-unsaturated/α-hetero) is 1. The topological polar surface area (TPSA) is 72.2 Å². The zero-order chi connectivity index (χ0) is 23.4. The molecule has 166 valence electrons. The predicted molar refractivity (Wildman–Crippen MR) is 132 cm³/mol. The second-order valence-electron chi connectivity index (χ2n) is 7.79. The van der Waals surface area contributed by atoms with Gasteiger partial charge in [0.15, 0.2) is 5.78 Å². The van der Waals surface area contributed by atoms with E-state index < -0.39 is 0 Å². The number of carbonyl (C=O) groups is 2. The first-order valence-electron chi connectivity index (χ1n) is 10.6. The van der Waals surface area contributed by atoms with Crippen LogP contribution >= 0.6 is 11.8 Å². The van der Waals surface area contributed by atoms with Crippen molar-refractivity contribution in [2.24, 2.45) is 0 Å². The maximum Gasteiger partial charge on any atom is 0.255 e. The number of hydrogen-bond donors (Lipinski definition) is 1. The van der Waals surface area contributed by atoms with Crippen LogP contribution in [0, 0.1) is 13.8 Å². The molecular weight excluding hydrogens is 432 g/mol. The van der Waals surface area contributed by atoms with E-state index in [0.29, 0.717) is 22.7 Å². The summed E-state index contributed by atoms with van der Waals surface area (Å²) >= 11 is 1.72. The van der Waals surface area contributed by atoms with Crippen LogP contribution in [0.4, 0.5) is 5.69 Å². The molecule has 0 atom stereocenters. The molecule has 5 nitrogen and oxygen atoms in total. The normalized spacial score (nSPS) is 10.8. The van der Waals surface area contributed by atoms with Crippen LogP contribution < -0.4 is 5.32 Å². The number of aromatic nitrogens is 1. The first-order valence-corrected chi connectivity index (χ1v) is 11.6. The summed E-state index contributed by atoms with van der Waals surface area (Å²) in [5.74, 6) is 1.82. The van der Waals surface area contributed by atoms with Crippen LogP contribution in [-0.2, 0) is 5.75 Å². The molecule has 6 heteroatoms. The van der Waals surface area contributed by atoms with Gasteiger partial charge in [0, 0.05) is 33.0 Å². The fourth-order valence-corrected chi connectivity index (χ4v) is 4.13. The quantitative estimate of drug-likeness (QED) is 0.247. The molecule has 0 spiro atoms. The van der Waals surface area contributed by atoms with E-state index in [1.165, 1.54) is 17.4 Å². The second kappa shape index (κ2) is 9.88. The Hall–Kier alpha value is -3.64. The number of benzene rings is 3. The van der Waals surface area contributed by atoms with Gasteiger partial charge in [-0.3, -0.25) is 9.59 Å². The summed E-state index contributed by atoms with van der Waals surface area (Å²) in [5.41, 5.74) is 4.72.